The molecule has 4 aromatic rings. The molecule has 0 bridgehead atoms. The van der Waals surface area contributed by atoms with Gasteiger partial charge in [0, 0.05) is 6.20 Å². The number of nitrogens with two attached hydrogens (primary N) is 1. The molecule has 1 atom stereocenters. The number of ether oxygens (including phenoxy) is 1. The van der Waals surface area contributed by atoms with Gasteiger partial charge in [-0.15, -0.1) is 0 Å². The van der Waals surface area contributed by atoms with Crippen LogP contribution in [0.4, 0.5) is 19.0 Å². The van der Waals surface area contributed by atoms with E-state index < -0.39 is 17.9 Å². The van der Waals surface area contributed by atoms with Crippen LogP contribution in [0.1, 0.15) is 13.0 Å². The number of pyridine rings is 1. The van der Waals surface area contributed by atoms with Gasteiger partial charge in [0.2, 0.25) is 0 Å². The SMILES string of the molecule is CC(n1c(=O)n(-c2ccc(Oc3ccccc3)cc2)c2c(N)nccc21)C(F)(F)F. The first kappa shape index (κ1) is 19.6. The van der Waals surface area contributed by atoms with E-state index in [0.717, 1.165) is 11.5 Å². The summed E-state index contributed by atoms with van der Waals surface area (Å²) in [6.45, 7) is 0.929. The third kappa shape index (κ3) is 3.38. The van der Waals surface area contributed by atoms with Crippen molar-refractivity contribution in [1.82, 2.24) is 14.1 Å². The van der Waals surface area contributed by atoms with Gasteiger partial charge in [0.15, 0.2) is 0 Å². The van der Waals surface area contributed by atoms with Crippen molar-refractivity contribution in [2.75, 3.05) is 5.73 Å². The Morgan fingerprint density at radius 2 is 1.63 bits per heavy atom. The van der Waals surface area contributed by atoms with E-state index in [4.69, 9.17) is 10.5 Å². The zero-order valence-corrected chi connectivity index (χ0v) is 15.8. The number of aromatic nitrogens is 3. The fraction of sp³-hybridized carbons (Fsp3) is 0.143. The summed E-state index contributed by atoms with van der Waals surface area (Å²) in [6, 6.07) is 14.8. The molecule has 0 radical (unpaired) electrons. The molecule has 154 valence electrons. The second-order valence-corrected chi connectivity index (χ2v) is 6.68. The van der Waals surface area contributed by atoms with Crippen molar-refractivity contribution in [2.24, 2.45) is 0 Å². The fourth-order valence-corrected chi connectivity index (χ4v) is 3.24. The number of anilines is 1. The lowest BCUT2D eigenvalue weighted by molar-refractivity contribution is -0.162. The Bertz CT molecular complexity index is 1250. The number of rotatable bonds is 4. The molecule has 0 fully saturated rings. The van der Waals surface area contributed by atoms with Gasteiger partial charge < -0.3 is 10.5 Å². The zero-order valence-electron chi connectivity index (χ0n) is 15.8. The van der Waals surface area contributed by atoms with Gasteiger partial charge in [-0.1, -0.05) is 18.2 Å². The molecule has 0 saturated carbocycles. The van der Waals surface area contributed by atoms with Gasteiger partial charge >= 0.3 is 11.9 Å². The van der Waals surface area contributed by atoms with Gasteiger partial charge in [-0.25, -0.2) is 9.78 Å². The molecule has 0 aliphatic rings. The highest BCUT2D eigenvalue weighted by Gasteiger charge is 2.40. The molecule has 2 aromatic carbocycles. The number of nitrogen functional groups attached to an aromatic ring is 1. The Balaban J connectivity index is 1.83. The molecule has 2 heterocycles. The number of fused-ring (bicyclic) bond motifs is 1. The summed E-state index contributed by atoms with van der Waals surface area (Å²) in [7, 11) is 0. The molecule has 0 spiro atoms. The summed E-state index contributed by atoms with van der Waals surface area (Å²) in [6.07, 6.45) is -3.33. The molecule has 2 N–H and O–H groups in total. The molecule has 0 aliphatic carbocycles. The van der Waals surface area contributed by atoms with E-state index >= 15 is 0 Å². The van der Waals surface area contributed by atoms with Gasteiger partial charge in [-0.05, 0) is 49.4 Å². The van der Waals surface area contributed by atoms with Gasteiger partial charge in [0.1, 0.15) is 28.9 Å². The zero-order chi connectivity index (χ0) is 21.5. The smallest absolute Gasteiger partial charge is 0.409 e. The Morgan fingerprint density at radius 1 is 1.00 bits per heavy atom. The Labute approximate surface area is 169 Å². The van der Waals surface area contributed by atoms with Crippen LogP contribution in [0.2, 0.25) is 0 Å². The van der Waals surface area contributed by atoms with E-state index in [9.17, 15) is 18.0 Å². The largest absolute Gasteiger partial charge is 0.457 e. The maximum atomic E-state index is 13.4. The molecule has 4 rings (SSSR count). The molecule has 1 unspecified atom stereocenters. The topological polar surface area (TPSA) is 75.1 Å². The molecular weight excluding hydrogens is 397 g/mol. The summed E-state index contributed by atoms with van der Waals surface area (Å²) in [5.74, 6) is 1.10. The summed E-state index contributed by atoms with van der Waals surface area (Å²) in [5, 5.41) is 0. The maximum Gasteiger partial charge on any atom is 0.409 e. The van der Waals surface area contributed by atoms with Crippen LogP contribution in [0.25, 0.3) is 16.7 Å². The molecule has 0 saturated heterocycles. The van der Waals surface area contributed by atoms with Crippen molar-refractivity contribution in [3.05, 3.63) is 77.3 Å². The average Bonchev–Trinajstić information content (AvgIpc) is 3.01. The number of nitrogens with zero attached hydrogens (tertiary/aromatic N) is 3. The number of hydrogen-bond acceptors (Lipinski definition) is 4. The molecule has 30 heavy (non-hydrogen) atoms. The van der Waals surface area contributed by atoms with E-state index in [1.807, 2.05) is 18.2 Å². The minimum absolute atomic E-state index is 0.0395. The van der Waals surface area contributed by atoms with Crippen LogP contribution < -0.4 is 16.2 Å². The molecule has 9 heteroatoms. The first-order valence-electron chi connectivity index (χ1n) is 9.05. The lowest BCUT2D eigenvalue weighted by atomic mass is 10.2. The molecular formula is C21H17F3N4O2. The number of imidazole rings is 1. The van der Waals surface area contributed by atoms with E-state index in [-0.39, 0.29) is 16.9 Å². The summed E-state index contributed by atoms with van der Waals surface area (Å²) in [5.41, 5.74) is 5.60. The van der Waals surface area contributed by atoms with Crippen molar-refractivity contribution in [3.63, 3.8) is 0 Å². The van der Waals surface area contributed by atoms with Gasteiger partial charge in [0.05, 0.1) is 11.2 Å². The number of halogens is 3. The van der Waals surface area contributed by atoms with Crippen LogP contribution in [-0.2, 0) is 0 Å². The van der Waals surface area contributed by atoms with E-state index in [1.54, 1.807) is 36.4 Å². The predicted octanol–water partition coefficient (Wildman–Crippen LogP) is 4.69. The number of para-hydroxylation sites is 1. The van der Waals surface area contributed by atoms with Crippen LogP contribution in [0.5, 0.6) is 11.5 Å². The number of alkyl halides is 3. The van der Waals surface area contributed by atoms with Crippen LogP contribution >= 0.6 is 0 Å². The second kappa shape index (κ2) is 7.25. The molecule has 6 nitrogen and oxygen atoms in total. The van der Waals surface area contributed by atoms with E-state index in [0.29, 0.717) is 21.8 Å². The lowest BCUT2D eigenvalue weighted by Crippen LogP contribution is -2.33. The minimum Gasteiger partial charge on any atom is -0.457 e. The third-order valence-electron chi connectivity index (χ3n) is 4.75. The normalized spacial score (nSPS) is 12.8. The van der Waals surface area contributed by atoms with Gasteiger partial charge in [-0.3, -0.25) is 9.13 Å². The number of hydrogen-bond donors (Lipinski definition) is 1. The van der Waals surface area contributed by atoms with Crippen molar-refractivity contribution in [3.8, 4) is 17.2 Å². The highest BCUT2D eigenvalue weighted by atomic mass is 19.4. The second-order valence-electron chi connectivity index (χ2n) is 6.68. The average molecular weight is 414 g/mol. The van der Waals surface area contributed by atoms with Gasteiger partial charge in [0.25, 0.3) is 0 Å². The predicted molar refractivity (Wildman–Crippen MR) is 107 cm³/mol. The molecule has 0 aliphatic heterocycles. The maximum absolute atomic E-state index is 13.4. The van der Waals surface area contributed by atoms with Crippen molar-refractivity contribution in [2.45, 2.75) is 19.1 Å². The Morgan fingerprint density at radius 3 is 2.27 bits per heavy atom. The highest BCUT2D eigenvalue weighted by molar-refractivity contribution is 5.87. The monoisotopic (exact) mass is 414 g/mol. The van der Waals surface area contributed by atoms with Crippen molar-refractivity contribution >= 4 is 16.9 Å². The van der Waals surface area contributed by atoms with Gasteiger partial charge in [-0.2, -0.15) is 13.2 Å². The third-order valence-corrected chi connectivity index (χ3v) is 4.75. The standard InChI is InChI=1S/C21H17F3N4O2/c1-13(21(22,23)24)27-17-11-12-26-19(25)18(17)28(20(27)29)14-7-9-16(10-8-14)30-15-5-3-2-4-6-15/h2-13H,1H3,(H2,25,26). The summed E-state index contributed by atoms with van der Waals surface area (Å²) >= 11 is 0. The first-order valence-corrected chi connectivity index (χ1v) is 9.05. The van der Waals surface area contributed by atoms with Crippen LogP contribution in [0.15, 0.2) is 71.7 Å². The van der Waals surface area contributed by atoms with Crippen LogP contribution in [-0.4, -0.2) is 20.3 Å². The first-order chi connectivity index (χ1) is 14.3. The lowest BCUT2D eigenvalue weighted by Gasteiger charge is -2.16. The summed E-state index contributed by atoms with van der Waals surface area (Å²) in [4.78, 5) is 17.0. The fourth-order valence-electron chi connectivity index (χ4n) is 3.24. The van der Waals surface area contributed by atoms with Crippen LogP contribution in [0.3, 0.4) is 0 Å². The van der Waals surface area contributed by atoms with Crippen LogP contribution in [0, 0.1) is 0 Å². The molecule has 2 aromatic heterocycles. The Kier molecular flexibility index (Phi) is 4.73. The summed E-state index contributed by atoms with van der Waals surface area (Å²) < 4.78 is 47.7. The highest BCUT2D eigenvalue weighted by Crippen LogP contribution is 2.33. The van der Waals surface area contributed by atoms with Crippen molar-refractivity contribution in [1.29, 1.82) is 0 Å². The number of benzene rings is 2. The Hall–Kier alpha value is -3.75. The van der Waals surface area contributed by atoms with E-state index in [2.05, 4.69) is 4.98 Å². The van der Waals surface area contributed by atoms with E-state index in [1.165, 1.54) is 12.3 Å². The minimum atomic E-state index is -4.60. The molecule has 0 amide bonds. The quantitative estimate of drug-likeness (QED) is 0.526. The van der Waals surface area contributed by atoms with Crippen molar-refractivity contribution < 1.29 is 17.9 Å².